The van der Waals surface area contributed by atoms with E-state index in [1.54, 1.807) is 24.5 Å². The van der Waals surface area contributed by atoms with Gasteiger partial charge in [0.05, 0.1) is 0 Å². The van der Waals surface area contributed by atoms with Crippen LogP contribution in [0.3, 0.4) is 0 Å². The third-order valence-corrected chi connectivity index (χ3v) is 4.53. The number of carbonyl (C=O) groups excluding carboxylic acids is 2. The van der Waals surface area contributed by atoms with Gasteiger partial charge in [0.1, 0.15) is 0 Å². The van der Waals surface area contributed by atoms with Crippen LogP contribution in [0.15, 0.2) is 48.8 Å². The zero-order chi connectivity index (χ0) is 17.6. The molecule has 1 atom stereocenters. The van der Waals surface area contributed by atoms with Gasteiger partial charge in [-0.2, -0.15) is 0 Å². The highest BCUT2D eigenvalue weighted by atomic mass is 35.5. The number of halogens is 2. The fourth-order valence-corrected chi connectivity index (χ4v) is 2.69. The van der Waals surface area contributed by atoms with Crippen molar-refractivity contribution in [2.75, 3.05) is 18.4 Å². The molecule has 0 aliphatic carbocycles. The molecule has 1 saturated heterocycles. The van der Waals surface area contributed by atoms with Gasteiger partial charge in [-0.25, -0.2) is 0 Å². The van der Waals surface area contributed by atoms with Crippen LogP contribution in [0.4, 0.5) is 5.69 Å². The molecular weight excluding hydrogens is 387 g/mol. The molecule has 3 N–H and O–H groups in total. The Balaban J connectivity index is 0.00000182. The Morgan fingerprint density at radius 3 is 2.52 bits per heavy atom. The van der Waals surface area contributed by atoms with Gasteiger partial charge in [-0.1, -0.05) is 19.1 Å². The van der Waals surface area contributed by atoms with Crippen LogP contribution in [0.1, 0.15) is 22.8 Å². The van der Waals surface area contributed by atoms with E-state index in [1.165, 1.54) is 0 Å². The van der Waals surface area contributed by atoms with Crippen LogP contribution < -0.4 is 16.0 Å². The molecule has 2 amide bonds. The number of pyridine rings is 1. The molecular formula is C19H24Cl2N4O2. The van der Waals surface area contributed by atoms with Crippen molar-refractivity contribution < 1.29 is 9.59 Å². The van der Waals surface area contributed by atoms with Gasteiger partial charge >= 0.3 is 0 Å². The first-order chi connectivity index (χ1) is 12.1. The van der Waals surface area contributed by atoms with Gasteiger partial charge in [0.15, 0.2) is 0 Å². The van der Waals surface area contributed by atoms with Crippen molar-refractivity contribution in [3.63, 3.8) is 0 Å². The van der Waals surface area contributed by atoms with Crippen molar-refractivity contribution in [3.8, 4) is 0 Å². The molecule has 0 saturated carbocycles. The lowest BCUT2D eigenvalue weighted by molar-refractivity contribution is -0.126. The Bertz CT molecular complexity index is 754. The SMILES string of the molecule is CC(C(=O)NCc1cccc(NC(=O)c2ccncc2)c1)C1CNC1.Cl.Cl. The Hall–Kier alpha value is -2.15. The highest BCUT2D eigenvalue weighted by Gasteiger charge is 2.28. The summed E-state index contributed by atoms with van der Waals surface area (Å²) in [6.45, 7) is 4.23. The third kappa shape index (κ3) is 6.20. The number of carbonyl (C=O) groups is 2. The van der Waals surface area contributed by atoms with Crippen LogP contribution in [0.5, 0.6) is 0 Å². The van der Waals surface area contributed by atoms with Crippen molar-refractivity contribution in [2.24, 2.45) is 11.8 Å². The van der Waals surface area contributed by atoms with Crippen LogP contribution in [0.25, 0.3) is 0 Å². The summed E-state index contributed by atoms with van der Waals surface area (Å²) in [6, 6.07) is 10.8. The fraction of sp³-hybridized carbons (Fsp3) is 0.316. The van der Waals surface area contributed by atoms with E-state index < -0.39 is 0 Å². The van der Waals surface area contributed by atoms with Crippen LogP contribution in [0.2, 0.25) is 0 Å². The quantitative estimate of drug-likeness (QED) is 0.683. The standard InChI is InChI=1S/C19H22N4O2.2ClH/c1-13(16-11-21-12-16)18(24)22-10-14-3-2-4-17(9-14)23-19(25)15-5-7-20-8-6-15;;/h2-9,13,16,21H,10-12H2,1H3,(H,22,24)(H,23,25);2*1H. The van der Waals surface area contributed by atoms with Gasteiger partial charge in [0.25, 0.3) is 5.91 Å². The lowest BCUT2D eigenvalue weighted by atomic mass is 9.88. The summed E-state index contributed by atoms with van der Waals surface area (Å²) >= 11 is 0. The van der Waals surface area contributed by atoms with E-state index in [9.17, 15) is 9.59 Å². The highest BCUT2D eigenvalue weighted by molar-refractivity contribution is 6.04. The Morgan fingerprint density at radius 2 is 1.89 bits per heavy atom. The summed E-state index contributed by atoms with van der Waals surface area (Å²) in [5.41, 5.74) is 2.20. The maximum absolute atomic E-state index is 12.2. The smallest absolute Gasteiger partial charge is 0.255 e. The second kappa shape index (κ2) is 10.9. The van der Waals surface area contributed by atoms with Gasteiger partial charge in [-0.05, 0) is 48.8 Å². The monoisotopic (exact) mass is 410 g/mol. The van der Waals surface area contributed by atoms with E-state index in [0.29, 0.717) is 23.7 Å². The van der Waals surface area contributed by atoms with Gasteiger partial charge in [0.2, 0.25) is 5.91 Å². The van der Waals surface area contributed by atoms with Crippen molar-refractivity contribution in [3.05, 3.63) is 59.9 Å². The van der Waals surface area contributed by atoms with Crippen LogP contribution >= 0.6 is 24.8 Å². The van der Waals surface area contributed by atoms with Crippen molar-refractivity contribution >= 4 is 42.3 Å². The molecule has 0 radical (unpaired) electrons. The van der Waals surface area contributed by atoms with Crippen molar-refractivity contribution in [1.29, 1.82) is 0 Å². The molecule has 1 aromatic heterocycles. The molecule has 146 valence electrons. The van der Waals surface area contributed by atoms with Crippen LogP contribution in [0, 0.1) is 11.8 Å². The summed E-state index contributed by atoms with van der Waals surface area (Å²) in [6.07, 6.45) is 3.17. The fourth-order valence-electron chi connectivity index (χ4n) is 2.69. The summed E-state index contributed by atoms with van der Waals surface area (Å²) in [5, 5.41) is 9.02. The zero-order valence-corrected chi connectivity index (χ0v) is 16.6. The molecule has 0 bridgehead atoms. The molecule has 1 aromatic carbocycles. The molecule has 6 nitrogen and oxygen atoms in total. The van der Waals surface area contributed by atoms with E-state index >= 15 is 0 Å². The maximum Gasteiger partial charge on any atom is 0.255 e. The Labute approximate surface area is 171 Å². The van der Waals surface area contributed by atoms with Gasteiger partial charge < -0.3 is 16.0 Å². The minimum Gasteiger partial charge on any atom is -0.352 e. The van der Waals surface area contributed by atoms with E-state index in [4.69, 9.17) is 0 Å². The second-order valence-corrected chi connectivity index (χ2v) is 6.32. The minimum absolute atomic E-state index is 0. The van der Waals surface area contributed by atoms with E-state index in [2.05, 4.69) is 20.9 Å². The van der Waals surface area contributed by atoms with Crippen LogP contribution in [-0.4, -0.2) is 29.9 Å². The molecule has 1 unspecified atom stereocenters. The van der Waals surface area contributed by atoms with Gasteiger partial charge in [-0.3, -0.25) is 14.6 Å². The number of amides is 2. The van der Waals surface area contributed by atoms with Gasteiger partial charge in [0, 0.05) is 36.1 Å². The highest BCUT2D eigenvalue weighted by Crippen LogP contribution is 2.16. The molecule has 1 aliphatic rings. The number of hydrogen-bond acceptors (Lipinski definition) is 4. The molecule has 2 heterocycles. The lowest BCUT2D eigenvalue weighted by Gasteiger charge is -2.31. The summed E-state index contributed by atoms with van der Waals surface area (Å²) in [5.74, 6) is 0.314. The number of nitrogens with zero attached hydrogens (tertiary/aromatic N) is 1. The molecule has 3 rings (SSSR count). The topological polar surface area (TPSA) is 83.1 Å². The number of nitrogens with one attached hydrogen (secondary N) is 3. The second-order valence-electron chi connectivity index (χ2n) is 6.32. The van der Waals surface area contributed by atoms with E-state index in [0.717, 1.165) is 18.7 Å². The Kier molecular flexibility index (Phi) is 9.21. The third-order valence-electron chi connectivity index (χ3n) is 4.53. The zero-order valence-electron chi connectivity index (χ0n) is 15.0. The average molecular weight is 411 g/mol. The predicted molar refractivity (Wildman–Crippen MR) is 110 cm³/mol. The Morgan fingerprint density at radius 1 is 1.19 bits per heavy atom. The molecule has 0 spiro atoms. The number of benzene rings is 1. The summed E-state index contributed by atoms with van der Waals surface area (Å²) < 4.78 is 0. The average Bonchev–Trinajstić information content (AvgIpc) is 2.59. The van der Waals surface area contributed by atoms with Crippen molar-refractivity contribution in [1.82, 2.24) is 15.6 Å². The summed E-state index contributed by atoms with van der Waals surface area (Å²) in [4.78, 5) is 28.3. The molecule has 2 aromatic rings. The first-order valence-electron chi connectivity index (χ1n) is 8.42. The number of hydrogen-bond donors (Lipinski definition) is 3. The number of anilines is 1. The minimum atomic E-state index is -0.185. The molecule has 27 heavy (non-hydrogen) atoms. The van der Waals surface area contributed by atoms with Gasteiger partial charge in [-0.15, -0.1) is 24.8 Å². The molecule has 8 heteroatoms. The van der Waals surface area contributed by atoms with E-state index in [-0.39, 0.29) is 42.5 Å². The predicted octanol–water partition coefficient (Wildman–Crippen LogP) is 2.65. The maximum atomic E-state index is 12.2. The molecule has 1 fully saturated rings. The van der Waals surface area contributed by atoms with Crippen molar-refractivity contribution in [2.45, 2.75) is 13.5 Å². The normalized spacial score (nSPS) is 14.0. The van der Waals surface area contributed by atoms with E-state index in [1.807, 2.05) is 31.2 Å². The largest absolute Gasteiger partial charge is 0.352 e. The first kappa shape index (κ1) is 22.9. The summed E-state index contributed by atoms with van der Waals surface area (Å²) in [7, 11) is 0. The molecule has 1 aliphatic heterocycles. The number of rotatable bonds is 6. The first-order valence-corrected chi connectivity index (χ1v) is 8.42. The van der Waals surface area contributed by atoms with Crippen LogP contribution in [-0.2, 0) is 11.3 Å². The number of aromatic nitrogens is 1. The lowest BCUT2D eigenvalue weighted by Crippen LogP contribution is -2.49.